The van der Waals surface area contributed by atoms with E-state index in [4.69, 9.17) is 11.6 Å². The maximum absolute atomic E-state index is 11.4. The Kier molecular flexibility index (Phi) is 4.27. The summed E-state index contributed by atoms with van der Waals surface area (Å²) in [7, 11) is 1.75. The predicted octanol–water partition coefficient (Wildman–Crippen LogP) is 3.60. The lowest BCUT2D eigenvalue weighted by Crippen LogP contribution is -2.17. The number of aryl methyl sites for hydroxylation is 1. The smallest absolute Gasteiger partial charge is 0.250 e. The minimum Gasteiger partial charge on any atom is -0.377 e. The molecule has 0 aliphatic carbocycles. The summed E-state index contributed by atoms with van der Waals surface area (Å²) in [6.45, 7) is 2.12. The van der Waals surface area contributed by atoms with Crippen LogP contribution in [0.1, 0.15) is 24.9 Å². The Morgan fingerprint density at radius 2 is 1.89 bits per heavy atom. The molecule has 1 aromatic heterocycles. The lowest BCUT2D eigenvalue weighted by molar-refractivity contribution is 0.744. The predicted molar refractivity (Wildman–Crippen MR) is 79.8 cm³/mol. The molecule has 1 aromatic carbocycles. The van der Waals surface area contributed by atoms with Crippen LogP contribution in [0.4, 0.5) is 5.69 Å². The maximum Gasteiger partial charge on any atom is 0.250 e. The van der Waals surface area contributed by atoms with E-state index in [-0.39, 0.29) is 11.6 Å². The lowest BCUT2D eigenvalue weighted by atomic mass is 10.0. The summed E-state index contributed by atoms with van der Waals surface area (Å²) in [5.74, 6) is 0. The number of aromatic nitrogens is 1. The molecule has 2 aromatic rings. The van der Waals surface area contributed by atoms with Crippen LogP contribution in [-0.4, -0.2) is 4.57 Å². The van der Waals surface area contributed by atoms with Crippen LogP contribution < -0.4 is 10.9 Å². The second-order valence-corrected chi connectivity index (χ2v) is 4.96. The molecule has 0 radical (unpaired) electrons. The van der Waals surface area contributed by atoms with Gasteiger partial charge in [0, 0.05) is 24.3 Å². The van der Waals surface area contributed by atoms with Crippen molar-refractivity contribution in [2.24, 2.45) is 7.05 Å². The van der Waals surface area contributed by atoms with Crippen LogP contribution in [0.25, 0.3) is 0 Å². The van der Waals surface area contributed by atoms with E-state index < -0.39 is 0 Å². The zero-order chi connectivity index (χ0) is 13.8. The summed E-state index contributed by atoms with van der Waals surface area (Å²) in [6, 6.07) is 11.4. The highest BCUT2D eigenvalue weighted by Gasteiger charge is 2.09. The van der Waals surface area contributed by atoms with Gasteiger partial charge in [-0.05, 0) is 30.2 Å². The Morgan fingerprint density at radius 1 is 1.21 bits per heavy atom. The van der Waals surface area contributed by atoms with Gasteiger partial charge in [0.15, 0.2) is 0 Å². The molecular formula is C15H17ClN2O. The van der Waals surface area contributed by atoms with Gasteiger partial charge in [-0.25, -0.2) is 0 Å². The number of halogens is 1. The van der Waals surface area contributed by atoms with E-state index in [1.54, 1.807) is 29.9 Å². The maximum atomic E-state index is 11.4. The summed E-state index contributed by atoms with van der Waals surface area (Å²) in [5.41, 5.74) is 2.11. The van der Waals surface area contributed by atoms with Crippen molar-refractivity contribution in [1.29, 1.82) is 0 Å². The fourth-order valence-electron chi connectivity index (χ4n) is 2.00. The average molecular weight is 277 g/mol. The van der Waals surface area contributed by atoms with Gasteiger partial charge in [0.25, 0.3) is 0 Å². The van der Waals surface area contributed by atoms with Crippen LogP contribution in [0.15, 0.2) is 47.4 Å². The molecule has 0 bridgehead atoms. The van der Waals surface area contributed by atoms with Gasteiger partial charge in [-0.1, -0.05) is 30.7 Å². The number of hydrogen-bond donors (Lipinski definition) is 1. The fraction of sp³-hybridized carbons (Fsp3) is 0.267. The Hall–Kier alpha value is -1.74. The first-order valence-corrected chi connectivity index (χ1v) is 6.66. The van der Waals surface area contributed by atoms with Crippen molar-refractivity contribution >= 4 is 17.3 Å². The van der Waals surface area contributed by atoms with Crippen molar-refractivity contribution in [1.82, 2.24) is 4.57 Å². The van der Waals surface area contributed by atoms with E-state index >= 15 is 0 Å². The molecule has 100 valence electrons. The monoisotopic (exact) mass is 276 g/mol. The highest BCUT2D eigenvalue weighted by atomic mass is 35.5. The first kappa shape index (κ1) is 13.7. The summed E-state index contributed by atoms with van der Waals surface area (Å²) in [5, 5.41) is 4.17. The van der Waals surface area contributed by atoms with E-state index in [2.05, 4.69) is 12.2 Å². The van der Waals surface area contributed by atoms with Gasteiger partial charge in [-0.2, -0.15) is 0 Å². The molecule has 1 N–H and O–H groups in total. The molecule has 0 aliphatic heterocycles. The molecule has 3 nitrogen and oxygen atoms in total. The third-order valence-corrected chi connectivity index (χ3v) is 3.36. The van der Waals surface area contributed by atoms with Gasteiger partial charge in [-0.15, -0.1) is 0 Å². The highest BCUT2D eigenvalue weighted by molar-refractivity contribution is 6.30. The number of hydrogen-bond acceptors (Lipinski definition) is 2. The van der Waals surface area contributed by atoms with Crippen molar-refractivity contribution in [2.45, 2.75) is 19.4 Å². The topological polar surface area (TPSA) is 34.0 Å². The first-order chi connectivity index (χ1) is 9.10. The molecule has 19 heavy (non-hydrogen) atoms. The molecule has 1 heterocycles. The molecule has 0 spiro atoms. The van der Waals surface area contributed by atoms with Crippen LogP contribution in [-0.2, 0) is 7.05 Å². The number of anilines is 1. The van der Waals surface area contributed by atoms with Crippen molar-refractivity contribution in [3.8, 4) is 0 Å². The molecule has 0 fully saturated rings. The van der Waals surface area contributed by atoms with E-state index in [9.17, 15) is 4.79 Å². The van der Waals surface area contributed by atoms with Crippen LogP contribution >= 0.6 is 11.6 Å². The standard InChI is InChI=1S/C15H17ClN2O/c1-3-14(11-4-6-12(16)7-5-11)17-13-8-9-15(19)18(2)10-13/h4-10,14,17H,3H2,1-2H3. The summed E-state index contributed by atoms with van der Waals surface area (Å²) >= 11 is 5.90. The van der Waals surface area contributed by atoms with E-state index in [1.165, 1.54) is 5.56 Å². The molecule has 0 saturated heterocycles. The summed E-state index contributed by atoms with van der Waals surface area (Å²) in [6.07, 6.45) is 2.76. The molecule has 4 heteroatoms. The Balaban J connectivity index is 2.21. The second kappa shape index (κ2) is 5.93. The molecule has 1 unspecified atom stereocenters. The quantitative estimate of drug-likeness (QED) is 0.926. The Morgan fingerprint density at radius 3 is 2.47 bits per heavy atom. The SMILES string of the molecule is CCC(Nc1ccc(=O)n(C)c1)c1ccc(Cl)cc1. The largest absolute Gasteiger partial charge is 0.377 e. The Labute approximate surface area is 117 Å². The van der Waals surface area contributed by atoms with Gasteiger partial charge in [-0.3, -0.25) is 4.79 Å². The average Bonchev–Trinajstić information content (AvgIpc) is 2.41. The Bertz CT molecular complexity index is 604. The van der Waals surface area contributed by atoms with Gasteiger partial charge in [0.2, 0.25) is 5.56 Å². The number of rotatable bonds is 4. The van der Waals surface area contributed by atoms with Crippen LogP contribution in [0.3, 0.4) is 0 Å². The zero-order valence-corrected chi connectivity index (χ0v) is 11.8. The molecule has 2 rings (SSSR count). The number of pyridine rings is 1. The highest BCUT2D eigenvalue weighted by Crippen LogP contribution is 2.23. The molecule has 0 aliphatic rings. The van der Waals surface area contributed by atoms with Crippen molar-refractivity contribution in [3.05, 3.63) is 63.5 Å². The second-order valence-electron chi connectivity index (χ2n) is 4.52. The van der Waals surface area contributed by atoms with Crippen molar-refractivity contribution in [2.75, 3.05) is 5.32 Å². The van der Waals surface area contributed by atoms with Crippen molar-refractivity contribution in [3.63, 3.8) is 0 Å². The van der Waals surface area contributed by atoms with Crippen LogP contribution in [0.5, 0.6) is 0 Å². The first-order valence-electron chi connectivity index (χ1n) is 6.29. The number of nitrogens with one attached hydrogen (secondary N) is 1. The summed E-state index contributed by atoms with van der Waals surface area (Å²) in [4.78, 5) is 11.4. The van der Waals surface area contributed by atoms with Crippen molar-refractivity contribution < 1.29 is 0 Å². The lowest BCUT2D eigenvalue weighted by Gasteiger charge is -2.19. The third-order valence-electron chi connectivity index (χ3n) is 3.11. The van der Waals surface area contributed by atoms with E-state index in [0.717, 1.165) is 17.1 Å². The van der Waals surface area contributed by atoms with Gasteiger partial charge >= 0.3 is 0 Å². The van der Waals surface area contributed by atoms with Crippen LogP contribution in [0, 0.1) is 0 Å². The molecule has 0 saturated carbocycles. The van der Waals surface area contributed by atoms with Crippen LogP contribution in [0.2, 0.25) is 5.02 Å². The van der Waals surface area contributed by atoms with E-state index in [0.29, 0.717) is 0 Å². The molecule has 0 amide bonds. The number of nitrogens with zero attached hydrogens (tertiary/aromatic N) is 1. The normalized spacial score (nSPS) is 12.2. The minimum atomic E-state index is -0.00917. The summed E-state index contributed by atoms with van der Waals surface area (Å²) < 4.78 is 1.57. The van der Waals surface area contributed by atoms with Gasteiger partial charge in [0.05, 0.1) is 11.7 Å². The third kappa shape index (κ3) is 3.38. The minimum absolute atomic E-state index is 0.00917. The molecular weight excluding hydrogens is 260 g/mol. The van der Waals surface area contributed by atoms with Gasteiger partial charge in [0.1, 0.15) is 0 Å². The molecule has 1 atom stereocenters. The fourth-order valence-corrected chi connectivity index (χ4v) is 2.12. The zero-order valence-electron chi connectivity index (χ0n) is 11.1. The van der Waals surface area contributed by atoms with Gasteiger partial charge < -0.3 is 9.88 Å². The van der Waals surface area contributed by atoms with E-state index in [1.807, 2.05) is 24.3 Å². The number of benzene rings is 1.